The van der Waals surface area contributed by atoms with Gasteiger partial charge in [0.1, 0.15) is 5.75 Å². The minimum Gasteiger partial charge on any atom is -0.467 e. The van der Waals surface area contributed by atoms with Gasteiger partial charge in [0.15, 0.2) is 0 Å². The third kappa shape index (κ3) is 4.08. The molecule has 166 valence electrons. The number of anilines is 2. The van der Waals surface area contributed by atoms with Crippen LogP contribution in [0.25, 0.3) is 5.57 Å². The second kappa shape index (κ2) is 7.43. The molecule has 0 saturated carbocycles. The highest BCUT2D eigenvalue weighted by Gasteiger charge is 2.59. The summed E-state index contributed by atoms with van der Waals surface area (Å²) >= 11 is 0. The maximum absolute atomic E-state index is 7.22. The summed E-state index contributed by atoms with van der Waals surface area (Å²) in [6.45, 7) is 12.6. The Bertz CT molecular complexity index is 1010. The number of benzene rings is 2. The molecule has 3 rings (SSSR count). The number of allylic oxidation sites excluding steroid dienone is 2. The first kappa shape index (κ1) is 22.9. The van der Waals surface area contributed by atoms with E-state index >= 15 is 0 Å². The van der Waals surface area contributed by atoms with Crippen molar-refractivity contribution in [3.8, 4) is 5.75 Å². The highest BCUT2D eigenvalue weighted by atomic mass is 16.5. The lowest BCUT2D eigenvalue weighted by atomic mass is 9.59. The number of nitrogens with two attached hydrogens (primary N) is 4. The van der Waals surface area contributed by atoms with Gasteiger partial charge in [-0.25, -0.2) is 0 Å². The largest absolute Gasteiger partial charge is 0.467 e. The SMILES string of the molecule is CC(C)(C)C1=CC(c2ccc(N)cc2)=CC(N)(C(C)(C)C)C1(N)Oc1ccc(N)cc1. The third-order valence-electron chi connectivity index (χ3n) is 6.15. The Kier molecular flexibility index (Phi) is 5.49. The van der Waals surface area contributed by atoms with Gasteiger partial charge in [-0.3, -0.25) is 5.73 Å². The van der Waals surface area contributed by atoms with Crippen LogP contribution in [0.1, 0.15) is 47.1 Å². The maximum Gasteiger partial charge on any atom is 0.203 e. The molecule has 0 aliphatic heterocycles. The summed E-state index contributed by atoms with van der Waals surface area (Å²) in [6, 6.07) is 15.0. The smallest absolute Gasteiger partial charge is 0.203 e. The molecule has 8 N–H and O–H groups in total. The molecule has 2 unspecified atom stereocenters. The Morgan fingerprint density at radius 3 is 1.68 bits per heavy atom. The van der Waals surface area contributed by atoms with Gasteiger partial charge < -0.3 is 21.9 Å². The van der Waals surface area contributed by atoms with Crippen molar-refractivity contribution in [1.29, 1.82) is 0 Å². The van der Waals surface area contributed by atoms with E-state index in [1.165, 1.54) is 0 Å². The van der Waals surface area contributed by atoms with E-state index in [9.17, 15) is 0 Å². The Labute approximate surface area is 186 Å². The fourth-order valence-electron chi connectivity index (χ4n) is 4.13. The second-order valence-corrected chi connectivity index (χ2v) is 10.6. The van der Waals surface area contributed by atoms with Gasteiger partial charge in [0.2, 0.25) is 5.72 Å². The van der Waals surface area contributed by atoms with Crippen LogP contribution in [-0.4, -0.2) is 11.3 Å². The van der Waals surface area contributed by atoms with E-state index < -0.39 is 16.7 Å². The first-order chi connectivity index (χ1) is 14.2. The van der Waals surface area contributed by atoms with Gasteiger partial charge in [-0.1, -0.05) is 59.8 Å². The van der Waals surface area contributed by atoms with E-state index in [2.05, 4.69) is 47.6 Å². The van der Waals surface area contributed by atoms with Gasteiger partial charge >= 0.3 is 0 Å². The molecule has 1 aliphatic carbocycles. The van der Waals surface area contributed by atoms with E-state index in [4.69, 9.17) is 27.7 Å². The molecule has 0 saturated heterocycles. The van der Waals surface area contributed by atoms with Crippen molar-refractivity contribution in [3.05, 3.63) is 71.8 Å². The molecule has 2 aromatic carbocycles. The van der Waals surface area contributed by atoms with Crippen LogP contribution in [0.5, 0.6) is 5.75 Å². The molecule has 5 nitrogen and oxygen atoms in total. The average Bonchev–Trinajstić information content (AvgIpc) is 2.64. The van der Waals surface area contributed by atoms with Crippen LogP contribution < -0.4 is 27.7 Å². The Balaban J connectivity index is 2.25. The molecule has 0 spiro atoms. The number of nitrogen functional groups attached to an aromatic ring is 2. The average molecular weight is 421 g/mol. The summed E-state index contributed by atoms with van der Waals surface area (Å²) in [6.07, 6.45) is 4.16. The molecule has 0 aromatic heterocycles. The molecule has 0 bridgehead atoms. The van der Waals surface area contributed by atoms with Crippen LogP contribution in [0.15, 0.2) is 66.3 Å². The van der Waals surface area contributed by atoms with Gasteiger partial charge in [0.05, 0.1) is 5.54 Å². The van der Waals surface area contributed by atoms with E-state index in [1.807, 2.05) is 42.5 Å². The summed E-state index contributed by atoms with van der Waals surface area (Å²) in [5, 5.41) is 0. The molecule has 0 fully saturated rings. The van der Waals surface area contributed by atoms with Crippen molar-refractivity contribution in [2.24, 2.45) is 22.3 Å². The van der Waals surface area contributed by atoms with Crippen LogP contribution in [0, 0.1) is 10.8 Å². The summed E-state index contributed by atoms with van der Waals surface area (Å²) in [5.74, 6) is 0.621. The molecule has 1 aliphatic rings. The zero-order chi connectivity index (χ0) is 23.2. The van der Waals surface area contributed by atoms with Crippen LogP contribution >= 0.6 is 0 Å². The summed E-state index contributed by atoms with van der Waals surface area (Å²) in [5.41, 5.74) is 27.5. The van der Waals surface area contributed by atoms with E-state index in [-0.39, 0.29) is 5.41 Å². The van der Waals surface area contributed by atoms with Crippen LogP contribution in [0.4, 0.5) is 11.4 Å². The normalized spacial score (nSPS) is 24.4. The molecular formula is C26H36N4O. The Hall–Kier alpha value is -2.76. The van der Waals surface area contributed by atoms with Crippen molar-refractivity contribution >= 4 is 16.9 Å². The van der Waals surface area contributed by atoms with E-state index in [0.717, 1.165) is 22.4 Å². The Morgan fingerprint density at radius 1 is 0.742 bits per heavy atom. The number of hydrogen-bond donors (Lipinski definition) is 4. The van der Waals surface area contributed by atoms with Crippen molar-refractivity contribution in [1.82, 2.24) is 0 Å². The first-order valence-electron chi connectivity index (χ1n) is 10.6. The van der Waals surface area contributed by atoms with Crippen molar-refractivity contribution in [2.45, 2.75) is 52.8 Å². The van der Waals surface area contributed by atoms with Crippen molar-refractivity contribution < 1.29 is 4.74 Å². The molecule has 2 aromatic rings. The monoisotopic (exact) mass is 420 g/mol. The molecule has 31 heavy (non-hydrogen) atoms. The molecule has 0 radical (unpaired) electrons. The van der Waals surface area contributed by atoms with Crippen LogP contribution in [-0.2, 0) is 0 Å². The van der Waals surface area contributed by atoms with Gasteiger partial charge in [-0.15, -0.1) is 0 Å². The predicted molar refractivity (Wildman–Crippen MR) is 131 cm³/mol. The van der Waals surface area contributed by atoms with Gasteiger partial charge in [0, 0.05) is 11.4 Å². The minimum atomic E-state index is -1.28. The van der Waals surface area contributed by atoms with Gasteiger partial charge in [-0.05, 0) is 70.0 Å². The van der Waals surface area contributed by atoms with Crippen LogP contribution in [0.2, 0.25) is 0 Å². The van der Waals surface area contributed by atoms with Crippen LogP contribution in [0.3, 0.4) is 0 Å². The second-order valence-electron chi connectivity index (χ2n) is 10.6. The quantitative estimate of drug-likeness (QED) is 0.425. The highest BCUT2D eigenvalue weighted by molar-refractivity contribution is 5.80. The summed E-state index contributed by atoms with van der Waals surface area (Å²) in [4.78, 5) is 0. The zero-order valence-corrected chi connectivity index (χ0v) is 19.5. The molecule has 0 heterocycles. The zero-order valence-electron chi connectivity index (χ0n) is 19.5. The first-order valence-corrected chi connectivity index (χ1v) is 10.6. The number of ether oxygens (including phenoxy) is 1. The lowest BCUT2D eigenvalue weighted by molar-refractivity contribution is -0.0165. The maximum atomic E-state index is 7.22. The highest BCUT2D eigenvalue weighted by Crippen LogP contribution is 2.51. The lowest BCUT2D eigenvalue weighted by Gasteiger charge is -2.56. The van der Waals surface area contributed by atoms with Gasteiger partial charge in [0.25, 0.3) is 0 Å². The summed E-state index contributed by atoms with van der Waals surface area (Å²) in [7, 11) is 0. The fraction of sp³-hybridized carbons (Fsp3) is 0.385. The molecule has 0 amide bonds. The lowest BCUT2D eigenvalue weighted by Crippen LogP contribution is -2.76. The van der Waals surface area contributed by atoms with E-state index in [0.29, 0.717) is 11.4 Å². The number of hydrogen-bond acceptors (Lipinski definition) is 5. The minimum absolute atomic E-state index is 0.300. The van der Waals surface area contributed by atoms with E-state index in [1.54, 1.807) is 12.1 Å². The molecular weight excluding hydrogens is 384 g/mol. The van der Waals surface area contributed by atoms with Crippen molar-refractivity contribution in [2.75, 3.05) is 11.5 Å². The predicted octanol–water partition coefficient (Wildman–Crippen LogP) is 4.70. The topological polar surface area (TPSA) is 113 Å². The standard InChI is InChI=1S/C26H36N4O/c1-23(2,3)22-15-18(17-7-9-19(27)10-8-17)16-25(29,24(4,5)6)26(22,30)31-21-13-11-20(28)12-14-21/h7-16H,27-30H2,1-6H3. The molecule has 5 heteroatoms. The molecule has 2 atom stereocenters. The Morgan fingerprint density at radius 2 is 1.23 bits per heavy atom. The summed E-state index contributed by atoms with van der Waals surface area (Å²) < 4.78 is 6.55. The fourth-order valence-corrected chi connectivity index (χ4v) is 4.13. The number of rotatable bonds is 3. The third-order valence-corrected chi connectivity index (χ3v) is 6.15. The van der Waals surface area contributed by atoms with Gasteiger partial charge in [-0.2, -0.15) is 0 Å². The van der Waals surface area contributed by atoms with Crippen molar-refractivity contribution in [3.63, 3.8) is 0 Å².